The van der Waals surface area contributed by atoms with E-state index >= 15 is 0 Å². The third kappa shape index (κ3) is 2.81. The average Bonchev–Trinajstić information content (AvgIpc) is 2.28. The Labute approximate surface area is 105 Å². The van der Waals surface area contributed by atoms with E-state index in [-0.39, 0.29) is 11.8 Å². The second-order valence-electron chi connectivity index (χ2n) is 5.56. The second-order valence-corrected chi connectivity index (χ2v) is 5.56. The van der Waals surface area contributed by atoms with Crippen molar-refractivity contribution in [3.63, 3.8) is 0 Å². The molecule has 106 valence electrons. The molecule has 2 aliphatic rings. The van der Waals surface area contributed by atoms with Crippen molar-refractivity contribution in [3.8, 4) is 0 Å². The van der Waals surface area contributed by atoms with Crippen LogP contribution in [-0.4, -0.2) is 53.1 Å². The lowest BCUT2D eigenvalue weighted by Gasteiger charge is -2.55. The molecule has 0 aromatic heterocycles. The Balaban J connectivity index is 1.71. The molecule has 18 heavy (non-hydrogen) atoms. The number of aliphatic hydroxyl groups is 2. The highest BCUT2D eigenvalue weighted by Gasteiger charge is 2.54. The fourth-order valence-corrected chi connectivity index (χ4v) is 3.10. The molecule has 1 heterocycles. The number of alkyl halides is 3. The van der Waals surface area contributed by atoms with Gasteiger partial charge in [0.05, 0.1) is 12.2 Å². The Morgan fingerprint density at radius 3 is 2.11 bits per heavy atom. The van der Waals surface area contributed by atoms with Crippen molar-refractivity contribution < 1.29 is 23.4 Å². The number of rotatable bonds is 3. The van der Waals surface area contributed by atoms with Crippen LogP contribution in [0.3, 0.4) is 0 Å². The van der Waals surface area contributed by atoms with Crippen LogP contribution in [0, 0.1) is 5.41 Å². The first-order valence-corrected chi connectivity index (χ1v) is 6.49. The molecule has 1 saturated heterocycles. The van der Waals surface area contributed by atoms with Crippen LogP contribution in [0.4, 0.5) is 13.2 Å². The maximum Gasteiger partial charge on any atom is 0.389 e. The van der Waals surface area contributed by atoms with Crippen molar-refractivity contribution in [2.24, 2.45) is 5.41 Å². The molecule has 2 N–H and O–H groups in total. The van der Waals surface area contributed by atoms with Gasteiger partial charge in [-0.3, -0.25) is 0 Å². The maximum absolute atomic E-state index is 12.0. The van der Waals surface area contributed by atoms with E-state index in [1.54, 1.807) is 0 Å². The van der Waals surface area contributed by atoms with Gasteiger partial charge >= 0.3 is 6.18 Å². The molecule has 0 amide bonds. The van der Waals surface area contributed by atoms with Crippen LogP contribution in [0.5, 0.6) is 0 Å². The Bertz CT molecular complexity index is 278. The number of nitrogens with zero attached hydrogens (tertiary/aromatic N) is 1. The first-order valence-electron chi connectivity index (χ1n) is 6.49. The van der Waals surface area contributed by atoms with Crippen molar-refractivity contribution in [3.05, 3.63) is 0 Å². The van der Waals surface area contributed by atoms with Crippen molar-refractivity contribution >= 4 is 0 Å². The smallest absolute Gasteiger partial charge is 0.389 e. The Kier molecular flexibility index (Phi) is 3.90. The van der Waals surface area contributed by atoms with Gasteiger partial charge in [0.1, 0.15) is 0 Å². The predicted molar refractivity (Wildman–Crippen MR) is 60.0 cm³/mol. The van der Waals surface area contributed by atoms with E-state index < -0.39 is 24.8 Å². The topological polar surface area (TPSA) is 43.7 Å². The van der Waals surface area contributed by atoms with Crippen LogP contribution >= 0.6 is 0 Å². The lowest BCUT2D eigenvalue weighted by atomic mass is 9.58. The molecule has 1 aliphatic heterocycles. The van der Waals surface area contributed by atoms with E-state index in [0.717, 1.165) is 0 Å². The van der Waals surface area contributed by atoms with Crippen molar-refractivity contribution in [2.45, 2.75) is 50.5 Å². The zero-order valence-electron chi connectivity index (χ0n) is 10.3. The first kappa shape index (κ1) is 14.1. The van der Waals surface area contributed by atoms with E-state index in [1.165, 1.54) is 0 Å². The lowest BCUT2D eigenvalue weighted by molar-refractivity contribution is -0.190. The van der Waals surface area contributed by atoms with Gasteiger partial charge in [-0.1, -0.05) is 0 Å². The molecule has 0 aromatic carbocycles. The van der Waals surface area contributed by atoms with Crippen molar-refractivity contribution in [2.75, 3.05) is 19.6 Å². The van der Waals surface area contributed by atoms with Crippen LogP contribution in [-0.2, 0) is 0 Å². The normalized spacial score (nSPS) is 32.5. The quantitative estimate of drug-likeness (QED) is 0.815. The number of hydrogen-bond donors (Lipinski definition) is 2. The zero-order chi connectivity index (χ0) is 13.4. The average molecular weight is 267 g/mol. The molecule has 2 fully saturated rings. The second kappa shape index (κ2) is 4.98. The summed E-state index contributed by atoms with van der Waals surface area (Å²) >= 11 is 0. The highest BCUT2D eigenvalue weighted by molar-refractivity contribution is 5.05. The summed E-state index contributed by atoms with van der Waals surface area (Å²) in [4.78, 5) is 1.99. The van der Waals surface area contributed by atoms with Crippen LogP contribution in [0.2, 0.25) is 0 Å². The maximum atomic E-state index is 12.0. The van der Waals surface area contributed by atoms with E-state index in [4.69, 9.17) is 0 Å². The van der Waals surface area contributed by atoms with Crippen molar-refractivity contribution in [1.82, 2.24) is 4.90 Å². The number of halogens is 3. The van der Waals surface area contributed by atoms with Gasteiger partial charge in [0.2, 0.25) is 0 Å². The minimum atomic E-state index is -4.07. The Hall–Kier alpha value is -0.330. The molecule has 0 bridgehead atoms. The molecule has 2 rings (SSSR count). The summed E-state index contributed by atoms with van der Waals surface area (Å²) in [6.45, 7) is 1.79. The number of piperidine rings is 1. The molecule has 1 aliphatic carbocycles. The largest absolute Gasteiger partial charge is 0.392 e. The Morgan fingerprint density at radius 2 is 1.67 bits per heavy atom. The van der Waals surface area contributed by atoms with E-state index in [0.29, 0.717) is 38.9 Å². The number of likely N-dealkylation sites (tertiary alicyclic amines) is 1. The fraction of sp³-hybridized carbons (Fsp3) is 1.00. The summed E-state index contributed by atoms with van der Waals surface area (Å²) in [5.41, 5.74) is -0.374. The monoisotopic (exact) mass is 267 g/mol. The molecule has 0 aromatic rings. The van der Waals surface area contributed by atoms with Crippen LogP contribution in [0.1, 0.15) is 32.1 Å². The molecular weight excluding hydrogens is 247 g/mol. The molecule has 0 unspecified atom stereocenters. The third-order valence-corrected chi connectivity index (χ3v) is 4.50. The third-order valence-electron chi connectivity index (χ3n) is 4.50. The predicted octanol–water partition coefficient (Wildman–Crippen LogP) is 1.54. The zero-order valence-corrected chi connectivity index (χ0v) is 10.3. The summed E-state index contributed by atoms with van der Waals surface area (Å²) in [5, 5.41) is 19.5. The summed E-state index contributed by atoms with van der Waals surface area (Å²) in [7, 11) is 0. The van der Waals surface area contributed by atoms with Gasteiger partial charge in [-0.25, -0.2) is 0 Å². The minimum absolute atomic E-state index is 0.127. The van der Waals surface area contributed by atoms with E-state index in [1.807, 2.05) is 4.90 Å². The standard InChI is InChI=1S/C12H20F3NO2/c13-12(14,15)2-1-5-16-6-3-11(4-7-16)9(17)8-10(11)18/h9-10,17-18H,1-8H2/t9-,10+. The van der Waals surface area contributed by atoms with E-state index in [9.17, 15) is 23.4 Å². The first-order chi connectivity index (χ1) is 8.33. The molecule has 1 spiro atoms. The van der Waals surface area contributed by atoms with Crippen molar-refractivity contribution in [1.29, 1.82) is 0 Å². The van der Waals surface area contributed by atoms with Crippen LogP contribution in [0.25, 0.3) is 0 Å². The van der Waals surface area contributed by atoms with Gasteiger partial charge in [0.25, 0.3) is 0 Å². The molecule has 3 nitrogen and oxygen atoms in total. The SMILES string of the molecule is O[C@@H]1C[C@H](O)C12CCN(CCCC(F)(F)F)CC2. The van der Waals surface area contributed by atoms with Gasteiger partial charge in [-0.15, -0.1) is 0 Å². The molecule has 1 saturated carbocycles. The number of hydrogen-bond acceptors (Lipinski definition) is 3. The van der Waals surface area contributed by atoms with Gasteiger partial charge in [-0.05, 0) is 38.9 Å². The lowest BCUT2D eigenvalue weighted by Crippen LogP contribution is -2.61. The molecule has 2 atom stereocenters. The van der Waals surface area contributed by atoms with Crippen LogP contribution in [0.15, 0.2) is 0 Å². The highest BCUT2D eigenvalue weighted by Crippen LogP contribution is 2.49. The molecule has 6 heteroatoms. The Morgan fingerprint density at radius 1 is 1.11 bits per heavy atom. The molecule has 0 radical (unpaired) electrons. The molecular formula is C12H20F3NO2. The highest BCUT2D eigenvalue weighted by atomic mass is 19.4. The summed E-state index contributed by atoms with van der Waals surface area (Å²) < 4.78 is 36.0. The minimum Gasteiger partial charge on any atom is -0.392 e. The number of aliphatic hydroxyl groups excluding tert-OH is 2. The summed E-state index contributed by atoms with van der Waals surface area (Å²) in [6, 6.07) is 0. The summed E-state index contributed by atoms with van der Waals surface area (Å²) in [5.74, 6) is 0. The van der Waals surface area contributed by atoms with Gasteiger partial charge < -0.3 is 15.1 Å². The van der Waals surface area contributed by atoms with Gasteiger partial charge in [0, 0.05) is 18.3 Å². The van der Waals surface area contributed by atoms with Gasteiger partial charge in [0.15, 0.2) is 0 Å². The fourth-order valence-electron chi connectivity index (χ4n) is 3.10. The van der Waals surface area contributed by atoms with E-state index in [2.05, 4.69) is 0 Å². The van der Waals surface area contributed by atoms with Crippen LogP contribution < -0.4 is 0 Å². The van der Waals surface area contributed by atoms with Gasteiger partial charge in [-0.2, -0.15) is 13.2 Å². The summed E-state index contributed by atoms with van der Waals surface area (Å²) in [6.07, 6.45) is -3.76.